The largest absolute Gasteiger partial charge is 0.358 e. The van der Waals surface area contributed by atoms with Crippen LogP contribution in [-0.4, -0.2) is 11.5 Å². The van der Waals surface area contributed by atoms with E-state index in [1.54, 1.807) is 0 Å². The third-order valence-corrected chi connectivity index (χ3v) is 3.60. The van der Waals surface area contributed by atoms with Crippen molar-refractivity contribution < 1.29 is 0 Å². The van der Waals surface area contributed by atoms with Gasteiger partial charge in [0.25, 0.3) is 0 Å². The van der Waals surface area contributed by atoms with Crippen molar-refractivity contribution in [2.45, 2.75) is 32.7 Å². The van der Waals surface area contributed by atoms with Crippen LogP contribution in [0.4, 0.5) is 0 Å². The normalized spacial score (nSPS) is 20.0. The first-order valence-electron chi connectivity index (χ1n) is 6.14. The lowest BCUT2D eigenvalue weighted by molar-refractivity contribution is 0.493. The first-order valence-corrected chi connectivity index (χ1v) is 6.14. The molecule has 1 aliphatic rings. The van der Waals surface area contributed by atoms with Gasteiger partial charge in [-0.15, -0.1) is 0 Å². The van der Waals surface area contributed by atoms with E-state index >= 15 is 0 Å². The molecular formula is C14H18N2. The fourth-order valence-electron chi connectivity index (χ4n) is 2.80. The van der Waals surface area contributed by atoms with Gasteiger partial charge in [0, 0.05) is 35.6 Å². The number of hydrogen-bond donors (Lipinski definition) is 2. The minimum Gasteiger partial charge on any atom is -0.358 e. The summed E-state index contributed by atoms with van der Waals surface area (Å²) in [4.78, 5) is 3.57. The summed E-state index contributed by atoms with van der Waals surface area (Å²) in [5, 5.41) is 5.01. The van der Waals surface area contributed by atoms with Crippen LogP contribution < -0.4 is 5.32 Å². The van der Waals surface area contributed by atoms with E-state index in [0.717, 1.165) is 19.4 Å². The summed E-state index contributed by atoms with van der Waals surface area (Å²) in [6.07, 6.45) is 2.29. The maximum absolute atomic E-state index is 3.60. The smallest absolute Gasteiger partial charge is 0.0459 e. The van der Waals surface area contributed by atoms with Gasteiger partial charge in [-0.2, -0.15) is 0 Å². The Morgan fingerprint density at radius 3 is 3.06 bits per heavy atom. The highest BCUT2D eigenvalue weighted by Crippen LogP contribution is 2.32. The fraction of sp³-hybridized carbons (Fsp3) is 0.429. The second-order valence-electron chi connectivity index (χ2n) is 4.73. The first-order chi connectivity index (χ1) is 7.79. The van der Waals surface area contributed by atoms with Gasteiger partial charge in [0.1, 0.15) is 0 Å². The molecule has 0 radical (unpaired) electrons. The van der Waals surface area contributed by atoms with Gasteiger partial charge in [-0.05, 0) is 31.0 Å². The van der Waals surface area contributed by atoms with E-state index in [2.05, 4.69) is 42.3 Å². The highest BCUT2D eigenvalue weighted by atomic mass is 14.9. The van der Waals surface area contributed by atoms with E-state index in [-0.39, 0.29) is 0 Å². The zero-order valence-electron chi connectivity index (χ0n) is 9.93. The van der Waals surface area contributed by atoms with Gasteiger partial charge in [0.2, 0.25) is 0 Å². The number of H-pyrrole nitrogens is 1. The molecule has 0 fully saturated rings. The molecule has 2 aromatic rings. The first kappa shape index (κ1) is 9.91. The predicted octanol–water partition coefficient (Wildman–Crippen LogP) is 3.07. The van der Waals surface area contributed by atoms with Crippen molar-refractivity contribution in [2.75, 3.05) is 6.54 Å². The van der Waals surface area contributed by atoms with E-state index in [4.69, 9.17) is 0 Å². The lowest BCUT2D eigenvalue weighted by atomic mass is 9.95. The Bertz CT molecular complexity index is 525. The molecule has 2 heteroatoms. The van der Waals surface area contributed by atoms with E-state index < -0.39 is 0 Å². The number of hydrogen-bond acceptors (Lipinski definition) is 1. The molecule has 84 valence electrons. The third-order valence-electron chi connectivity index (χ3n) is 3.60. The topological polar surface area (TPSA) is 27.8 Å². The van der Waals surface area contributed by atoms with Gasteiger partial charge < -0.3 is 10.3 Å². The second kappa shape index (κ2) is 3.63. The molecule has 0 bridgehead atoms. The zero-order chi connectivity index (χ0) is 11.1. The average molecular weight is 214 g/mol. The Morgan fingerprint density at radius 2 is 2.25 bits per heavy atom. The van der Waals surface area contributed by atoms with Crippen LogP contribution in [0.5, 0.6) is 0 Å². The molecule has 1 unspecified atom stereocenters. The Morgan fingerprint density at radius 1 is 1.38 bits per heavy atom. The van der Waals surface area contributed by atoms with Crippen LogP contribution in [0, 0.1) is 6.92 Å². The molecule has 0 saturated carbocycles. The maximum Gasteiger partial charge on any atom is 0.0459 e. The number of fused-ring (bicyclic) bond motifs is 3. The summed E-state index contributed by atoms with van der Waals surface area (Å²) in [5.41, 5.74) is 5.58. The number of aromatic amines is 1. The predicted molar refractivity (Wildman–Crippen MR) is 67.8 cm³/mol. The van der Waals surface area contributed by atoms with Crippen molar-refractivity contribution in [1.82, 2.24) is 10.3 Å². The number of nitrogens with one attached hydrogen (secondary N) is 2. The van der Waals surface area contributed by atoms with E-state index in [0.29, 0.717) is 6.04 Å². The average Bonchev–Trinajstić information content (AvgIpc) is 2.66. The van der Waals surface area contributed by atoms with Crippen molar-refractivity contribution in [3.63, 3.8) is 0 Å². The van der Waals surface area contributed by atoms with Crippen molar-refractivity contribution in [3.8, 4) is 0 Å². The van der Waals surface area contributed by atoms with E-state index in [1.165, 1.54) is 27.7 Å². The molecule has 1 aromatic heterocycles. The molecule has 1 atom stereocenters. The Kier molecular flexibility index (Phi) is 2.25. The Balaban J connectivity index is 2.27. The molecule has 1 aromatic carbocycles. The van der Waals surface area contributed by atoms with Crippen LogP contribution in [0.2, 0.25) is 0 Å². The highest BCUT2D eigenvalue weighted by Gasteiger charge is 2.22. The molecule has 16 heavy (non-hydrogen) atoms. The molecule has 2 heterocycles. The van der Waals surface area contributed by atoms with Gasteiger partial charge in [-0.1, -0.05) is 18.6 Å². The van der Waals surface area contributed by atoms with Gasteiger partial charge in [0.15, 0.2) is 0 Å². The number of aryl methyl sites for hydroxylation is 1. The Labute approximate surface area is 96.1 Å². The maximum atomic E-state index is 3.60. The van der Waals surface area contributed by atoms with Gasteiger partial charge in [-0.25, -0.2) is 0 Å². The molecule has 2 N–H and O–H groups in total. The molecule has 0 saturated heterocycles. The molecule has 2 nitrogen and oxygen atoms in total. The van der Waals surface area contributed by atoms with E-state index in [9.17, 15) is 0 Å². The van der Waals surface area contributed by atoms with Crippen LogP contribution in [-0.2, 0) is 6.42 Å². The number of benzene rings is 1. The summed E-state index contributed by atoms with van der Waals surface area (Å²) in [6, 6.07) is 7.22. The lowest BCUT2D eigenvalue weighted by Gasteiger charge is -2.23. The van der Waals surface area contributed by atoms with Crippen molar-refractivity contribution in [2.24, 2.45) is 0 Å². The number of aromatic nitrogens is 1. The van der Waals surface area contributed by atoms with Crippen LogP contribution in [0.3, 0.4) is 0 Å². The van der Waals surface area contributed by atoms with Crippen molar-refractivity contribution >= 4 is 10.9 Å². The van der Waals surface area contributed by atoms with Crippen LogP contribution in [0.1, 0.15) is 36.2 Å². The van der Waals surface area contributed by atoms with Crippen LogP contribution in [0.25, 0.3) is 10.9 Å². The molecule has 3 rings (SSSR count). The summed E-state index contributed by atoms with van der Waals surface area (Å²) < 4.78 is 0. The monoisotopic (exact) mass is 214 g/mol. The SMILES string of the molecule is CCC1NCCc2[nH]c3ccc(C)cc3c21. The van der Waals surface area contributed by atoms with Gasteiger partial charge in [-0.3, -0.25) is 0 Å². The highest BCUT2D eigenvalue weighted by molar-refractivity contribution is 5.86. The number of rotatable bonds is 1. The summed E-state index contributed by atoms with van der Waals surface area (Å²) in [5.74, 6) is 0. The van der Waals surface area contributed by atoms with Crippen LogP contribution >= 0.6 is 0 Å². The molecule has 1 aliphatic heterocycles. The second-order valence-corrected chi connectivity index (χ2v) is 4.73. The quantitative estimate of drug-likeness (QED) is 0.750. The van der Waals surface area contributed by atoms with E-state index in [1.807, 2.05) is 0 Å². The zero-order valence-corrected chi connectivity index (χ0v) is 9.93. The van der Waals surface area contributed by atoms with Gasteiger partial charge >= 0.3 is 0 Å². The lowest BCUT2D eigenvalue weighted by Crippen LogP contribution is -2.28. The molecular weight excluding hydrogens is 196 g/mol. The molecule has 0 aliphatic carbocycles. The molecule has 0 amide bonds. The van der Waals surface area contributed by atoms with Gasteiger partial charge in [0.05, 0.1) is 0 Å². The van der Waals surface area contributed by atoms with Crippen molar-refractivity contribution in [3.05, 3.63) is 35.0 Å². The Hall–Kier alpha value is -1.28. The molecule has 0 spiro atoms. The fourth-order valence-corrected chi connectivity index (χ4v) is 2.80. The third kappa shape index (κ3) is 1.37. The summed E-state index contributed by atoms with van der Waals surface area (Å²) >= 11 is 0. The summed E-state index contributed by atoms with van der Waals surface area (Å²) in [7, 11) is 0. The summed E-state index contributed by atoms with van der Waals surface area (Å²) in [6.45, 7) is 5.51. The van der Waals surface area contributed by atoms with Crippen molar-refractivity contribution in [1.29, 1.82) is 0 Å². The van der Waals surface area contributed by atoms with Crippen LogP contribution in [0.15, 0.2) is 18.2 Å². The standard InChI is InChI=1S/C14H18N2/c1-3-11-14-10-8-9(2)4-5-12(10)16-13(14)6-7-15-11/h4-5,8,11,15-16H,3,6-7H2,1-2H3. The minimum atomic E-state index is 0.527. The minimum absolute atomic E-state index is 0.527.